The molecule has 1 amide bonds. The maximum absolute atomic E-state index is 13.3. The van der Waals surface area contributed by atoms with Crippen molar-refractivity contribution in [1.82, 2.24) is 5.01 Å². The monoisotopic (exact) mass is 425 g/mol. The number of fused-ring (bicyclic) bond motifs is 1. The molecular weight excluding hydrogens is 407 g/mol. The third kappa shape index (κ3) is 4.26. The molecule has 3 aromatic carbocycles. The topological polar surface area (TPSA) is 56.6 Å². The molecule has 8 heteroatoms. The number of alkyl halides is 3. The highest BCUT2D eigenvalue weighted by atomic mass is 19.4. The predicted octanol–water partition coefficient (Wildman–Crippen LogP) is 5.27. The first-order valence-corrected chi connectivity index (χ1v) is 9.74. The highest BCUT2D eigenvalue weighted by Gasteiger charge is 2.32. The summed E-state index contributed by atoms with van der Waals surface area (Å²) in [7, 11) is 0. The third-order valence-corrected chi connectivity index (χ3v) is 5.13. The second kappa shape index (κ2) is 8.19. The van der Waals surface area contributed by atoms with Crippen LogP contribution in [0.25, 0.3) is 10.8 Å². The van der Waals surface area contributed by atoms with Gasteiger partial charge in [-0.3, -0.25) is 9.80 Å². The van der Waals surface area contributed by atoms with E-state index in [1.165, 1.54) is 12.1 Å². The number of nitriles is 1. The van der Waals surface area contributed by atoms with Gasteiger partial charge < -0.3 is 4.74 Å². The van der Waals surface area contributed by atoms with Crippen LogP contribution in [0.15, 0.2) is 60.7 Å². The van der Waals surface area contributed by atoms with Crippen LogP contribution in [0.1, 0.15) is 28.8 Å². The molecule has 1 fully saturated rings. The van der Waals surface area contributed by atoms with Gasteiger partial charge in [0.15, 0.2) is 0 Å². The zero-order chi connectivity index (χ0) is 22.0. The summed E-state index contributed by atoms with van der Waals surface area (Å²) >= 11 is 0. The molecule has 1 aliphatic heterocycles. The fourth-order valence-corrected chi connectivity index (χ4v) is 3.81. The van der Waals surface area contributed by atoms with Gasteiger partial charge >= 0.3 is 6.36 Å². The zero-order valence-electron chi connectivity index (χ0n) is 16.4. The SMILES string of the molecule is N#Cc1ccc(N2CCCCN2C(=O)c2cccc(OC(F)(F)F)c2)c2ccccc12. The number of hydrazine groups is 1. The molecule has 4 rings (SSSR count). The van der Waals surface area contributed by atoms with Crippen molar-refractivity contribution in [3.63, 3.8) is 0 Å². The molecule has 0 atom stereocenters. The fourth-order valence-electron chi connectivity index (χ4n) is 3.81. The summed E-state index contributed by atoms with van der Waals surface area (Å²) in [4.78, 5) is 13.3. The number of halogens is 3. The Morgan fingerprint density at radius 3 is 2.45 bits per heavy atom. The number of benzene rings is 3. The summed E-state index contributed by atoms with van der Waals surface area (Å²) in [5.41, 5.74) is 1.41. The van der Waals surface area contributed by atoms with E-state index in [-0.39, 0.29) is 5.56 Å². The molecule has 5 nitrogen and oxygen atoms in total. The van der Waals surface area contributed by atoms with E-state index in [1.54, 1.807) is 17.1 Å². The highest BCUT2D eigenvalue weighted by Crippen LogP contribution is 2.33. The molecule has 1 aliphatic rings. The molecule has 0 N–H and O–H groups in total. The number of carbonyl (C=O) groups is 1. The maximum atomic E-state index is 13.3. The number of ether oxygens (including phenoxy) is 1. The Hall–Kier alpha value is -3.73. The second-order valence-electron chi connectivity index (χ2n) is 7.12. The van der Waals surface area contributed by atoms with E-state index < -0.39 is 18.0 Å². The van der Waals surface area contributed by atoms with Crippen molar-refractivity contribution in [1.29, 1.82) is 5.26 Å². The van der Waals surface area contributed by atoms with Crippen LogP contribution in [-0.4, -0.2) is 30.4 Å². The van der Waals surface area contributed by atoms with Gasteiger partial charge in [-0.2, -0.15) is 5.26 Å². The van der Waals surface area contributed by atoms with E-state index in [1.807, 2.05) is 29.3 Å². The van der Waals surface area contributed by atoms with Crippen molar-refractivity contribution in [2.75, 3.05) is 18.1 Å². The quantitative estimate of drug-likeness (QED) is 0.574. The number of anilines is 1. The number of amides is 1. The molecule has 0 bridgehead atoms. The van der Waals surface area contributed by atoms with Gasteiger partial charge in [0.2, 0.25) is 0 Å². The summed E-state index contributed by atoms with van der Waals surface area (Å²) in [6.45, 7) is 0.998. The van der Waals surface area contributed by atoms with Crippen molar-refractivity contribution in [3.05, 3.63) is 71.8 Å². The first-order valence-electron chi connectivity index (χ1n) is 9.74. The van der Waals surface area contributed by atoms with Crippen LogP contribution in [0.3, 0.4) is 0 Å². The van der Waals surface area contributed by atoms with Gasteiger partial charge in [-0.25, -0.2) is 5.01 Å². The van der Waals surface area contributed by atoms with Crippen LogP contribution in [0, 0.1) is 11.3 Å². The molecule has 1 heterocycles. The van der Waals surface area contributed by atoms with Gasteiger partial charge in [-0.15, -0.1) is 13.2 Å². The van der Waals surface area contributed by atoms with E-state index in [0.717, 1.165) is 41.4 Å². The number of rotatable bonds is 3. The van der Waals surface area contributed by atoms with Crippen LogP contribution in [0.4, 0.5) is 18.9 Å². The first-order chi connectivity index (χ1) is 14.9. The van der Waals surface area contributed by atoms with Gasteiger partial charge in [0.1, 0.15) is 5.75 Å². The minimum absolute atomic E-state index is 0.103. The lowest BCUT2D eigenvalue weighted by Gasteiger charge is -2.40. The Morgan fingerprint density at radius 1 is 0.968 bits per heavy atom. The number of hydrogen-bond donors (Lipinski definition) is 0. The minimum atomic E-state index is -4.83. The number of nitrogens with zero attached hydrogens (tertiary/aromatic N) is 3. The summed E-state index contributed by atoms with van der Waals surface area (Å²) in [6, 6.07) is 18.2. The lowest BCUT2D eigenvalue weighted by atomic mass is 10.0. The summed E-state index contributed by atoms with van der Waals surface area (Å²) in [6.07, 6.45) is -3.20. The van der Waals surface area contributed by atoms with E-state index in [0.29, 0.717) is 18.7 Å². The Kier molecular flexibility index (Phi) is 5.42. The summed E-state index contributed by atoms with van der Waals surface area (Å²) in [5.74, 6) is -0.855. The smallest absolute Gasteiger partial charge is 0.406 e. The molecular formula is C23H18F3N3O2. The second-order valence-corrected chi connectivity index (χ2v) is 7.12. The van der Waals surface area contributed by atoms with Crippen LogP contribution in [-0.2, 0) is 0 Å². The van der Waals surface area contributed by atoms with Crippen LogP contribution >= 0.6 is 0 Å². The molecule has 31 heavy (non-hydrogen) atoms. The van der Waals surface area contributed by atoms with Gasteiger partial charge in [0, 0.05) is 29.4 Å². The number of carbonyl (C=O) groups excluding carboxylic acids is 1. The van der Waals surface area contributed by atoms with Crippen molar-refractivity contribution < 1.29 is 22.7 Å². The van der Waals surface area contributed by atoms with Gasteiger partial charge in [-0.05, 0) is 43.2 Å². The first kappa shape index (κ1) is 20.5. The molecule has 3 aromatic rings. The van der Waals surface area contributed by atoms with Crippen LogP contribution in [0.5, 0.6) is 5.75 Å². The largest absolute Gasteiger partial charge is 0.573 e. The molecule has 0 aliphatic carbocycles. The van der Waals surface area contributed by atoms with Crippen LogP contribution in [0.2, 0.25) is 0 Å². The van der Waals surface area contributed by atoms with Crippen molar-refractivity contribution in [2.24, 2.45) is 0 Å². The third-order valence-electron chi connectivity index (χ3n) is 5.13. The molecule has 1 saturated heterocycles. The van der Waals surface area contributed by atoms with E-state index in [2.05, 4.69) is 10.8 Å². The fraction of sp³-hybridized carbons (Fsp3) is 0.217. The van der Waals surface area contributed by atoms with Gasteiger partial charge in [0.05, 0.1) is 17.3 Å². The van der Waals surface area contributed by atoms with Crippen molar-refractivity contribution in [2.45, 2.75) is 19.2 Å². The normalized spacial score (nSPS) is 14.4. The maximum Gasteiger partial charge on any atom is 0.573 e. The molecule has 0 unspecified atom stereocenters. The van der Waals surface area contributed by atoms with Crippen LogP contribution < -0.4 is 9.75 Å². The Bertz CT molecular complexity index is 1170. The Labute approximate surface area is 176 Å². The highest BCUT2D eigenvalue weighted by molar-refractivity contribution is 6.00. The zero-order valence-corrected chi connectivity index (χ0v) is 16.4. The lowest BCUT2D eigenvalue weighted by Crippen LogP contribution is -2.50. The van der Waals surface area contributed by atoms with Gasteiger partial charge in [0.25, 0.3) is 5.91 Å². The van der Waals surface area contributed by atoms with E-state index in [9.17, 15) is 23.2 Å². The van der Waals surface area contributed by atoms with Gasteiger partial charge in [-0.1, -0.05) is 30.3 Å². The molecule has 0 spiro atoms. The lowest BCUT2D eigenvalue weighted by molar-refractivity contribution is -0.274. The molecule has 0 saturated carbocycles. The molecule has 0 aromatic heterocycles. The standard InChI is InChI=1S/C23H18F3N3O2/c24-23(25,26)31-18-7-5-6-16(14-18)22(30)29-13-4-3-12-28(29)21-11-10-17(15-27)19-8-1-2-9-20(19)21/h1-2,5-11,14H,3-4,12-13H2. The molecule has 158 valence electrons. The van der Waals surface area contributed by atoms with E-state index in [4.69, 9.17) is 0 Å². The number of hydrogen-bond acceptors (Lipinski definition) is 4. The average Bonchev–Trinajstić information content (AvgIpc) is 2.77. The van der Waals surface area contributed by atoms with Crippen molar-refractivity contribution in [3.8, 4) is 11.8 Å². The average molecular weight is 425 g/mol. The summed E-state index contributed by atoms with van der Waals surface area (Å²) < 4.78 is 41.7. The Morgan fingerprint density at radius 2 is 1.71 bits per heavy atom. The van der Waals surface area contributed by atoms with E-state index >= 15 is 0 Å². The summed E-state index contributed by atoms with van der Waals surface area (Å²) in [5, 5.41) is 14.4. The predicted molar refractivity (Wildman–Crippen MR) is 109 cm³/mol. The van der Waals surface area contributed by atoms with Crippen molar-refractivity contribution >= 4 is 22.4 Å². The molecule has 0 radical (unpaired) electrons. The minimum Gasteiger partial charge on any atom is -0.406 e. The Balaban J connectivity index is 1.71.